The zero-order valence-electron chi connectivity index (χ0n) is 16.9. The Labute approximate surface area is 188 Å². The fraction of sp³-hybridized carbons (Fsp3) is 0.167. The molecule has 0 unspecified atom stereocenters. The number of amides is 2. The fourth-order valence-corrected chi connectivity index (χ4v) is 3.28. The first-order valence-electron chi connectivity index (χ1n) is 9.79. The number of anilines is 1. The van der Waals surface area contributed by atoms with Crippen LogP contribution in [-0.2, 0) is 17.5 Å². The largest absolute Gasteiger partial charge is 0.416 e. The lowest BCUT2D eigenvalue weighted by Crippen LogP contribution is -2.33. The molecule has 0 saturated heterocycles. The van der Waals surface area contributed by atoms with Gasteiger partial charge in [-0.3, -0.25) is 9.59 Å². The van der Waals surface area contributed by atoms with Crippen molar-refractivity contribution in [2.24, 2.45) is 0 Å². The van der Waals surface area contributed by atoms with Crippen molar-refractivity contribution in [3.63, 3.8) is 0 Å². The molecule has 32 heavy (non-hydrogen) atoms. The summed E-state index contributed by atoms with van der Waals surface area (Å²) in [7, 11) is 0. The molecule has 0 saturated carbocycles. The average molecular weight is 461 g/mol. The molecule has 8 heteroatoms. The molecule has 0 aliphatic rings. The van der Waals surface area contributed by atoms with Crippen LogP contribution in [-0.4, -0.2) is 23.3 Å². The van der Waals surface area contributed by atoms with Crippen molar-refractivity contribution < 1.29 is 22.8 Å². The van der Waals surface area contributed by atoms with Crippen molar-refractivity contribution in [3.05, 3.63) is 101 Å². The number of carbonyl (C=O) groups is 2. The summed E-state index contributed by atoms with van der Waals surface area (Å²) in [6.45, 7) is 0.379. The van der Waals surface area contributed by atoms with Crippen LogP contribution in [0.4, 0.5) is 18.9 Å². The van der Waals surface area contributed by atoms with Gasteiger partial charge in [0.1, 0.15) is 0 Å². The third-order valence-corrected chi connectivity index (χ3v) is 5.04. The van der Waals surface area contributed by atoms with Gasteiger partial charge in [0.25, 0.3) is 5.91 Å². The molecule has 4 nitrogen and oxygen atoms in total. The van der Waals surface area contributed by atoms with Crippen molar-refractivity contribution in [1.82, 2.24) is 4.90 Å². The lowest BCUT2D eigenvalue weighted by Gasteiger charge is -2.23. The number of hydrogen-bond donors (Lipinski definition) is 1. The predicted molar refractivity (Wildman–Crippen MR) is 117 cm³/mol. The molecule has 0 fully saturated rings. The van der Waals surface area contributed by atoms with Crippen molar-refractivity contribution in [2.45, 2.75) is 19.1 Å². The van der Waals surface area contributed by atoms with E-state index in [2.05, 4.69) is 5.32 Å². The molecule has 1 N–H and O–H groups in total. The van der Waals surface area contributed by atoms with Crippen LogP contribution < -0.4 is 5.32 Å². The van der Waals surface area contributed by atoms with Gasteiger partial charge < -0.3 is 10.2 Å². The van der Waals surface area contributed by atoms with Gasteiger partial charge in [-0.25, -0.2) is 0 Å². The average Bonchev–Trinajstić information content (AvgIpc) is 2.77. The van der Waals surface area contributed by atoms with Gasteiger partial charge in [-0.1, -0.05) is 54.1 Å². The lowest BCUT2D eigenvalue weighted by molar-refractivity contribution is -0.137. The molecule has 166 valence electrons. The Balaban J connectivity index is 1.68. The Kier molecular flexibility index (Phi) is 7.53. The van der Waals surface area contributed by atoms with E-state index < -0.39 is 17.6 Å². The third-order valence-electron chi connectivity index (χ3n) is 4.71. The monoisotopic (exact) mass is 460 g/mol. The molecule has 3 rings (SSSR count). The number of nitrogens with one attached hydrogen (secondary N) is 1. The topological polar surface area (TPSA) is 49.4 Å². The second-order valence-electron chi connectivity index (χ2n) is 7.07. The van der Waals surface area contributed by atoms with Gasteiger partial charge >= 0.3 is 6.18 Å². The molecule has 0 atom stereocenters. The summed E-state index contributed by atoms with van der Waals surface area (Å²) in [6, 6.07) is 20.2. The Bertz CT molecular complexity index is 1070. The van der Waals surface area contributed by atoms with E-state index in [0.717, 1.165) is 17.7 Å². The normalized spacial score (nSPS) is 11.1. The summed E-state index contributed by atoms with van der Waals surface area (Å²) in [6.07, 6.45) is -4.48. The van der Waals surface area contributed by atoms with Gasteiger partial charge in [-0.2, -0.15) is 13.2 Å². The minimum absolute atomic E-state index is 0.0377. The van der Waals surface area contributed by atoms with Crippen LogP contribution in [0.15, 0.2) is 78.9 Å². The van der Waals surface area contributed by atoms with Gasteiger partial charge in [0.05, 0.1) is 16.1 Å². The number of alkyl halides is 3. The highest BCUT2D eigenvalue weighted by molar-refractivity contribution is 6.33. The minimum atomic E-state index is -4.44. The zero-order valence-corrected chi connectivity index (χ0v) is 17.7. The second-order valence-corrected chi connectivity index (χ2v) is 7.47. The zero-order chi connectivity index (χ0) is 23.1. The van der Waals surface area contributed by atoms with Crippen LogP contribution in [0.2, 0.25) is 5.02 Å². The van der Waals surface area contributed by atoms with Crippen LogP contribution in [0, 0.1) is 0 Å². The molecule has 0 aliphatic carbocycles. The number of carbonyl (C=O) groups excluding carboxylic acids is 2. The van der Waals surface area contributed by atoms with Crippen LogP contribution >= 0.6 is 11.6 Å². The summed E-state index contributed by atoms with van der Waals surface area (Å²) < 4.78 is 38.0. The maximum atomic E-state index is 13.1. The number of hydrogen-bond acceptors (Lipinski definition) is 2. The number of rotatable bonds is 7. The first-order chi connectivity index (χ1) is 15.2. The summed E-state index contributed by atoms with van der Waals surface area (Å²) in [5.41, 5.74) is 0.661. The minimum Gasteiger partial charge on any atom is -0.334 e. The van der Waals surface area contributed by atoms with Crippen molar-refractivity contribution in [1.29, 1.82) is 0 Å². The Morgan fingerprint density at radius 2 is 1.50 bits per heavy atom. The summed E-state index contributed by atoms with van der Waals surface area (Å²) in [5, 5.41) is 2.87. The highest BCUT2D eigenvalue weighted by atomic mass is 35.5. The number of nitrogens with zero attached hydrogens (tertiary/aromatic N) is 1. The van der Waals surface area contributed by atoms with E-state index in [1.54, 1.807) is 24.3 Å². The molecule has 0 radical (unpaired) electrons. The van der Waals surface area contributed by atoms with Crippen molar-refractivity contribution in [3.8, 4) is 0 Å². The van der Waals surface area contributed by atoms with E-state index in [4.69, 9.17) is 11.6 Å². The first kappa shape index (κ1) is 23.3. The van der Waals surface area contributed by atoms with E-state index in [0.29, 0.717) is 10.6 Å². The van der Waals surface area contributed by atoms with Gasteiger partial charge in [-0.15, -0.1) is 0 Å². The van der Waals surface area contributed by atoms with E-state index in [9.17, 15) is 22.8 Å². The van der Waals surface area contributed by atoms with Gasteiger partial charge in [0.2, 0.25) is 5.91 Å². The van der Waals surface area contributed by atoms with E-state index in [1.807, 2.05) is 30.3 Å². The van der Waals surface area contributed by atoms with Crippen molar-refractivity contribution >= 4 is 29.1 Å². The molecule has 3 aromatic rings. The SMILES string of the molecule is O=C(CCN(Cc1ccccc1)C(=O)c1ccccc1Cl)Nc1ccc(C(F)(F)F)cc1. The quantitative estimate of drug-likeness (QED) is 0.468. The molecular weight excluding hydrogens is 441 g/mol. The lowest BCUT2D eigenvalue weighted by atomic mass is 10.1. The Morgan fingerprint density at radius 1 is 0.875 bits per heavy atom. The molecule has 0 aliphatic heterocycles. The summed E-state index contributed by atoms with van der Waals surface area (Å²) in [4.78, 5) is 27.0. The first-order valence-corrected chi connectivity index (χ1v) is 10.2. The molecule has 0 spiro atoms. The van der Waals surface area contributed by atoms with Gasteiger partial charge in [0, 0.05) is 25.2 Å². The van der Waals surface area contributed by atoms with E-state index in [1.165, 1.54) is 17.0 Å². The molecule has 2 amide bonds. The maximum Gasteiger partial charge on any atom is 0.416 e. The van der Waals surface area contributed by atoms with Crippen LogP contribution in [0.1, 0.15) is 27.9 Å². The van der Waals surface area contributed by atoms with Crippen LogP contribution in [0.25, 0.3) is 0 Å². The van der Waals surface area contributed by atoms with Crippen molar-refractivity contribution in [2.75, 3.05) is 11.9 Å². The number of halogens is 4. The molecule has 3 aromatic carbocycles. The maximum absolute atomic E-state index is 13.1. The smallest absolute Gasteiger partial charge is 0.334 e. The molecule has 0 aromatic heterocycles. The third kappa shape index (κ3) is 6.34. The summed E-state index contributed by atoms with van der Waals surface area (Å²) >= 11 is 6.17. The second kappa shape index (κ2) is 10.3. The van der Waals surface area contributed by atoms with E-state index >= 15 is 0 Å². The Morgan fingerprint density at radius 3 is 2.12 bits per heavy atom. The van der Waals surface area contributed by atoms with Gasteiger partial charge in [-0.05, 0) is 42.0 Å². The molecular formula is C24H20ClF3N2O2. The predicted octanol–water partition coefficient (Wildman–Crippen LogP) is 6.03. The van der Waals surface area contributed by atoms with E-state index in [-0.39, 0.29) is 31.1 Å². The fourth-order valence-electron chi connectivity index (χ4n) is 3.06. The van der Waals surface area contributed by atoms with Crippen LogP contribution in [0.3, 0.4) is 0 Å². The number of benzene rings is 3. The highest BCUT2D eigenvalue weighted by Gasteiger charge is 2.30. The molecule has 0 bridgehead atoms. The Hall–Kier alpha value is -3.32. The van der Waals surface area contributed by atoms with Crippen LogP contribution in [0.5, 0.6) is 0 Å². The molecule has 0 heterocycles. The van der Waals surface area contributed by atoms with Gasteiger partial charge in [0.15, 0.2) is 0 Å². The standard InChI is InChI=1S/C24H20ClF3N2O2/c25-21-9-5-4-8-20(21)23(32)30(16-17-6-2-1-3-7-17)15-14-22(31)29-19-12-10-18(11-13-19)24(26,27)28/h1-13H,14-16H2,(H,29,31). The summed E-state index contributed by atoms with van der Waals surface area (Å²) in [5.74, 6) is -0.739. The highest BCUT2D eigenvalue weighted by Crippen LogP contribution is 2.29.